The Morgan fingerprint density at radius 1 is 1.00 bits per heavy atom. The van der Waals surface area contributed by atoms with Crippen molar-refractivity contribution in [3.8, 4) is 0 Å². The van der Waals surface area contributed by atoms with Gasteiger partial charge in [0.15, 0.2) is 0 Å². The molecule has 0 aromatic heterocycles. The molecule has 1 aliphatic rings. The second-order valence-corrected chi connectivity index (χ2v) is 6.18. The van der Waals surface area contributed by atoms with Crippen molar-refractivity contribution in [1.29, 1.82) is 0 Å². The highest BCUT2D eigenvalue weighted by atomic mass is 16.5. The average Bonchev–Trinajstić information content (AvgIpc) is 2.56. The lowest BCUT2D eigenvalue weighted by molar-refractivity contribution is -0.126. The summed E-state index contributed by atoms with van der Waals surface area (Å²) in [7, 11) is 0. The Morgan fingerprint density at radius 3 is 2.30 bits per heavy atom. The maximum Gasteiger partial charge on any atom is 0.223 e. The number of hydrogen-bond acceptors (Lipinski definition) is 5. The predicted molar refractivity (Wildman–Crippen MR) is 89.3 cm³/mol. The average molecular weight is 328 g/mol. The number of carbonyl (C=O) groups is 2. The second-order valence-electron chi connectivity index (χ2n) is 6.18. The van der Waals surface area contributed by atoms with Crippen molar-refractivity contribution in [3.63, 3.8) is 0 Å². The first-order valence-corrected chi connectivity index (χ1v) is 8.81. The van der Waals surface area contributed by atoms with Crippen molar-refractivity contribution in [2.45, 2.75) is 39.0 Å². The number of carbonyl (C=O) groups excluding carboxylic acids is 2. The number of aldehydes is 1. The molecule has 134 valence electrons. The standard InChI is InChI=1S/C17H32N2O4/c1-15-3-5-16(6-4-15)17(21)19-9-12-23-14-13-22-11-8-18-7-2-10-20/h10,15-16,18H,2-9,11-14H2,1H3,(H,19,21). The monoisotopic (exact) mass is 328 g/mol. The zero-order chi connectivity index (χ0) is 16.8. The third-order valence-electron chi connectivity index (χ3n) is 4.17. The van der Waals surface area contributed by atoms with Gasteiger partial charge in [-0.3, -0.25) is 4.79 Å². The third kappa shape index (κ3) is 10.4. The maximum atomic E-state index is 12.0. The number of nitrogens with one attached hydrogen (secondary N) is 2. The van der Waals surface area contributed by atoms with Crippen LogP contribution in [0, 0.1) is 11.8 Å². The molecule has 1 saturated carbocycles. The highest BCUT2D eigenvalue weighted by Crippen LogP contribution is 2.28. The first-order chi connectivity index (χ1) is 11.2. The van der Waals surface area contributed by atoms with Crippen LogP contribution in [0.5, 0.6) is 0 Å². The van der Waals surface area contributed by atoms with E-state index < -0.39 is 0 Å². The number of hydrogen-bond donors (Lipinski definition) is 2. The van der Waals surface area contributed by atoms with Crippen LogP contribution in [-0.2, 0) is 19.1 Å². The van der Waals surface area contributed by atoms with Gasteiger partial charge in [0.2, 0.25) is 5.91 Å². The van der Waals surface area contributed by atoms with Gasteiger partial charge in [0.25, 0.3) is 0 Å². The molecule has 1 fully saturated rings. The molecule has 23 heavy (non-hydrogen) atoms. The zero-order valence-electron chi connectivity index (χ0n) is 14.4. The molecular formula is C17H32N2O4. The molecule has 2 N–H and O–H groups in total. The number of ether oxygens (including phenoxy) is 2. The smallest absolute Gasteiger partial charge is 0.223 e. The molecular weight excluding hydrogens is 296 g/mol. The Kier molecular flexibility index (Phi) is 11.7. The summed E-state index contributed by atoms with van der Waals surface area (Å²) in [4.78, 5) is 22.1. The molecule has 6 nitrogen and oxygen atoms in total. The van der Waals surface area contributed by atoms with Gasteiger partial charge < -0.3 is 24.9 Å². The minimum Gasteiger partial charge on any atom is -0.378 e. The van der Waals surface area contributed by atoms with Crippen LogP contribution >= 0.6 is 0 Å². The number of amides is 1. The van der Waals surface area contributed by atoms with Crippen LogP contribution < -0.4 is 10.6 Å². The molecule has 0 saturated heterocycles. The molecule has 0 radical (unpaired) electrons. The van der Waals surface area contributed by atoms with Crippen LogP contribution in [0.1, 0.15) is 39.0 Å². The molecule has 0 atom stereocenters. The first-order valence-electron chi connectivity index (χ1n) is 8.81. The van der Waals surface area contributed by atoms with E-state index in [0.29, 0.717) is 45.9 Å². The maximum absolute atomic E-state index is 12.0. The predicted octanol–water partition coefficient (Wildman–Crippen LogP) is 1.14. The van der Waals surface area contributed by atoms with Gasteiger partial charge in [0.05, 0.1) is 26.4 Å². The third-order valence-corrected chi connectivity index (χ3v) is 4.17. The molecule has 1 rings (SSSR count). The van der Waals surface area contributed by atoms with Crippen LogP contribution in [0.15, 0.2) is 0 Å². The van der Waals surface area contributed by atoms with Crippen LogP contribution in [0.25, 0.3) is 0 Å². The van der Waals surface area contributed by atoms with Gasteiger partial charge in [0.1, 0.15) is 6.29 Å². The van der Waals surface area contributed by atoms with E-state index in [1.165, 1.54) is 0 Å². The fourth-order valence-electron chi connectivity index (χ4n) is 2.67. The summed E-state index contributed by atoms with van der Waals surface area (Å²) in [6.07, 6.45) is 5.79. The molecule has 0 spiro atoms. The largest absolute Gasteiger partial charge is 0.378 e. The van der Waals surface area contributed by atoms with Crippen LogP contribution in [-0.4, -0.2) is 58.3 Å². The Hall–Kier alpha value is -0.980. The fraction of sp³-hybridized carbons (Fsp3) is 0.882. The summed E-state index contributed by atoms with van der Waals surface area (Å²) in [5.41, 5.74) is 0. The molecule has 0 bridgehead atoms. The molecule has 6 heteroatoms. The fourth-order valence-corrected chi connectivity index (χ4v) is 2.67. The van der Waals surface area contributed by atoms with Gasteiger partial charge in [0, 0.05) is 32.0 Å². The van der Waals surface area contributed by atoms with Crippen molar-refractivity contribution < 1.29 is 19.1 Å². The van der Waals surface area contributed by atoms with Crippen molar-refractivity contribution in [2.24, 2.45) is 11.8 Å². The quantitative estimate of drug-likeness (QED) is 0.392. The van der Waals surface area contributed by atoms with E-state index >= 15 is 0 Å². The van der Waals surface area contributed by atoms with E-state index in [2.05, 4.69) is 17.6 Å². The number of rotatable bonds is 13. The summed E-state index contributed by atoms with van der Waals surface area (Å²) in [6.45, 7) is 6.47. The van der Waals surface area contributed by atoms with Gasteiger partial charge >= 0.3 is 0 Å². The van der Waals surface area contributed by atoms with E-state index in [1.807, 2.05) is 0 Å². The SMILES string of the molecule is CC1CCC(C(=O)NCCOCCOCCNCCC=O)CC1. The lowest BCUT2D eigenvalue weighted by atomic mass is 9.82. The van der Waals surface area contributed by atoms with Gasteiger partial charge in [-0.05, 0) is 31.6 Å². The molecule has 1 amide bonds. The van der Waals surface area contributed by atoms with Crippen LogP contribution in [0.4, 0.5) is 0 Å². The van der Waals surface area contributed by atoms with Crippen molar-refractivity contribution in [2.75, 3.05) is 46.1 Å². The highest BCUT2D eigenvalue weighted by molar-refractivity contribution is 5.78. The first kappa shape index (κ1) is 20.1. The summed E-state index contributed by atoms with van der Waals surface area (Å²) >= 11 is 0. The lowest BCUT2D eigenvalue weighted by Gasteiger charge is -2.25. The Bertz CT molecular complexity index is 318. The topological polar surface area (TPSA) is 76.7 Å². The van der Waals surface area contributed by atoms with Crippen molar-refractivity contribution >= 4 is 12.2 Å². The molecule has 0 aromatic carbocycles. The summed E-state index contributed by atoms with van der Waals surface area (Å²) in [6, 6.07) is 0. The van der Waals surface area contributed by atoms with Gasteiger partial charge in [-0.25, -0.2) is 0 Å². The van der Waals surface area contributed by atoms with E-state index in [0.717, 1.165) is 44.4 Å². The zero-order valence-corrected chi connectivity index (χ0v) is 14.4. The van der Waals surface area contributed by atoms with Gasteiger partial charge in [-0.2, -0.15) is 0 Å². The lowest BCUT2D eigenvalue weighted by Crippen LogP contribution is -2.35. The molecule has 0 unspecified atom stereocenters. The second kappa shape index (κ2) is 13.5. The summed E-state index contributed by atoms with van der Waals surface area (Å²) in [5, 5.41) is 6.05. The molecule has 0 heterocycles. The minimum atomic E-state index is 0.179. The Labute approximate surface area is 139 Å². The normalized spacial score (nSPS) is 21.1. The van der Waals surface area contributed by atoms with Crippen molar-refractivity contribution in [1.82, 2.24) is 10.6 Å². The van der Waals surface area contributed by atoms with Gasteiger partial charge in [-0.1, -0.05) is 6.92 Å². The van der Waals surface area contributed by atoms with Gasteiger partial charge in [-0.15, -0.1) is 0 Å². The van der Waals surface area contributed by atoms with E-state index in [-0.39, 0.29) is 11.8 Å². The van der Waals surface area contributed by atoms with Crippen molar-refractivity contribution in [3.05, 3.63) is 0 Å². The van der Waals surface area contributed by atoms with E-state index in [4.69, 9.17) is 9.47 Å². The molecule has 0 aliphatic heterocycles. The summed E-state index contributed by atoms with van der Waals surface area (Å²) < 4.78 is 10.8. The van der Waals surface area contributed by atoms with E-state index in [9.17, 15) is 9.59 Å². The Balaban J connectivity index is 1.82. The molecule has 0 aromatic rings. The summed E-state index contributed by atoms with van der Waals surface area (Å²) in [5.74, 6) is 1.14. The minimum absolute atomic E-state index is 0.179. The van der Waals surface area contributed by atoms with Crippen LogP contribution in [0.3, 0.4) is 0 Å². The van der Waals surface area contributed by atoms with Crippen LogP contribution in [0.2, 0.25) is 0 Å². The molecule has 1 aliphatic carbocycles. The Morgan fingerprint density at radius 2 is 1.65 bits per heavy atom. The highest BCUT2D eigenvalue weighted by Gasteiger charge is 2.23. The van der Waals surface area contributed by atoms with E-state index in [1.54, 1.807) is 0 Å².